The Morgan fingerprint density at radius 2 is 1.74 bits per heavy atom. The van der Waals surface area contributed by atoms with Crippen LogP contribution >= 0.6 is 0 Å². The molecule has 1 atom stereocenters. The molecule has 0 radical (unpaired) electrons. The summed E-state index contributed by atoms with van der Waals surface area (Å²) in [6, 6.07) is 18.4. The molecule has 1 saturated heterocycles. The Morgan fingerprint density at radius 3 is 2.43 bits per heavy atom. The molecule has 2 heterocycles. The lowest BCUT2D eigenvalue weighted by Crippen LogP contribution is -2.50. The van der Waals surface area contributed by atoms with Gasteiger partial charge in [-0.15, -0.1) is 0 Å². The molecule has 1 unspecified atom stereocenters. The van der Waals surface area contributed by atoms with Gasteiger partial charge in [-0.1, -0.05) is 42.5 Å². The van der Waals surface area contributed by atoms with Gasteiger partial charge < -0.3 is 19.0 Å². The lowest BCUT2D eigenvalue weighted by atomic mass is 10.1. The summed E-state index contributed by atoms with van der Waals surface area (Å²) < 4.78 is 11.1. The second kappa shape index (κ2) is 11.2. The fraction of sp³-hybridized carbons (Fsp3) is 0.370. The molecule has 1 aliphatic heterocycles. The zero-order valence-electron chi connectivity index (χ0n) is 20.5. The van der Waals surface area contributed by atoms with Crippen LogP contribution in [0.5, 0.6) is 5.75 Å². The maximum Gasteiger partial charge on any atom is 0.275 e. The van der Waals surface area contributed by atoms with E-state index in [0.29, 0.717) is 50.9 Å². The van der Waals surface area contributed by atoms with E-state index in [1.54, 1.807) is 23.8 Å². The highest BCUT2D eigenvalue weighted by Crippen LogP contribution is 2.26. The monoisotopic (exact) mass is 476 g/mol. The average Bonchev–Trinajstić information content (AvgIpc) is 3.36. The number of piperazine rings is 1. The summed E-state index contributed by atoms with van der Waals surface area (Å²) in [5.41, 5.74) is 2.59. The number of aromatic nitrogens is 1. The molecular formula is C27H32N4O4. The van der Waals surface area contributed by atoms with Gasteiger partial charge in [-0.2, -0.15) is 0 Å². The van der Waals surface area contributed by atoms with Crippen LogP contribution in [0.2, 0.25) is 0 Å². The fourth-order valence-corrected chi connectivity index (χ4v) is 4.32. The maximum absolute atomic E-state index is 13.0. The number of rotatable bonds is 8. The van der Waals surface area contributed by atoms with Gasteiger partial charge in [0, 0.05) is 45.7 Å². The molecule has 0 spiro atoms. The summed E-state index contributed by atoms with van der Waals surface area (Å²) in [5.74, 6) is 1.16. The maximum atomic E-state index is 13.0. The molecule has 8 nitrogen and oxygen atoms in total. The zero-order chi connectivity index (χ0) is 24.8. The van der Waals surface area contributed by atoms with Crippen molar-refractivity contribution in [3.8, 4) is 5.75 Å². The van der Waals surface area contributed by atoms with Crippen molar-refractivity contribution in [2.75, 3.05) is 33.3 Å². The topological polar surface area (TPSA) is 79.1 Å². The number of hydrogen-bond acceptors (Lipinski definition) is 6. The predicted octanol–water partition coefficient (Wildman–Crippen LogP) is 3.75. The lowest BCUT2D eigenvalue weighted by molar-refractivity contribution is -0.130. The molecule has 3 aromatic rings. The molecule has 8 heteroatoms. The number of ether oxygens (including phenoxy) is 1. The summed E-state index contributed by atoms with van der Waals surface area (Å²) in [6.07, 6.45) is 1.44. The fourth-order valence-electron chi connectivity index (χ4n) is 4.32. The smallest absolute Gasteiger partial charge is 0.275 e. The zero-order valence-corrected chi connectivity index (χ0v) is 20.5. The Balaban J connectivity index is 1.49. The molecule has 2 aromatic carbocycles. The molecule has 35 heavy (non-hydrogen) atoms. The first-order chi connectivity index (χ1) is 16.9. The summed E-state index contributed by atoms with van der Waals surface area (Å²) in [4.78, 5) is 34.8. The number of oxazole rings is 1. The third-order valence-electron chi connectivity index (χ3n) is 6.47. The quantitative estimate of drug-likeness (QED) is 0.493. The van der Waals surface area contributed by atoms with Crippen molar-refractivity contribution in [3.05, 3.63) is 83.6 Å². The molecule has 1 fully saturated rings. The van der Waals surface area contributed by atoms with Crippen LogP contribution in [0.25, 0.3) is 0 Å². The second-order valence-electron chi connectivity index (χ2n) is 8.77. The first kappa shape index (κ1) is 24.5. The minimum atomic E-state index is -0.168. The minimum absolute atomic E-state index is 0.0319. The molecule has 184 valence electrons. The largest absolute Gasteiger partial charge is 0.497 e. The molecular weight excluding hydrogens is 444 g/mol. The highest BCUT2D eigenvalue weighted by Gasteiger charge is 2.26. The molecule has 1 aromatic heterocycles. The second-order valence-corrected chi connectivity index (χ2v) is 8.77. The van der Waals surface area contributed by atoms with E-state index < -0.39 is 0 Å². The Kier molecular flexibility index (Phi) is 7.82. The molecule has 0 N–H and O–H groups in total. The summed E-state index contributed by atoms with van der Waals surface area (Å²) in [6.45, 7) is 6.86. The summed E-state index contributed by atoms with van der Waals surface area (Å²) >= 11 is 0. The van der Waals surface area contributed by atoms with E-state index in [9.17, 15) is 9.59 Å². The molecule has 1 aliphatic rings. The van der Waals surface area contributed by atoms with Crippen molar-refractivity contribution in [3.63, 3.8) is 0 Å². The van der Waals surface area contributed by atoms with Crippen molar-refractivity contribution in [2.45, 2.75) is 33.0 Å². The van der Waals surface area contributed by atoms with E-state index in [4.69, 9.17) is 9.15 Å². The van der Waals surface area contributed by atoms with E-state index in [-0.39, 0.29) is 17.9 Å². The van der Waals surface area contributed by atoms with Crippen molar-refractivity contribution in [1.82, 2.24) is 19.7 Å². The van der Waals surface area contributed by atoms with Crippen molar-refractivity contribution in [1.29, 1.82) is 0 Å². The number of nitrogens with zero attached hydrogens (tertiary/aromatic N) is 4. The van der Waals surface area contributed by atoms with Crippen LogP contribution in [-0.4, -0.2) is 64.8 Å². The van der Waals surface area contributed by atoms with Gasteiger partial charge in [0.05, 0.1) is 13.7 Å². The van der Waals surface area contributed by atoms with Crippen LogP contribution in [0.1, 0.15) is 47.4 Å². The van der Waals surface area contributed by atoms with E-state index in [1.165, 1.54) is 11.8 Å². The normalized spacial score (nSPS) is 14.7. The molecule has 2 amide bonds. The van der Waals surface area contributed by atoms with Gasteiger partial charge in [0.15, 0.2) is 5.69 Å². The van der Waals surface area contributed by atoms with Crippen molar-refractivity contribution in [2.24, 2.45) is 0 Å². The van der Waals surface area contributed by atoms with Gasteiger partial charge in [-0.3, -0.25) is 14.5 Å². The van der Waals surface area contributed by atoms with Crippen molar-refractivity contribution >= 4 is 11.8 Å². The third-order valence-corrected chi connectivity index (χ3v) is 6.47. The van der Waals surface area contributed by atoms with Gasteiger partial charge >= 0.3 is 0 Å². The average molecular weight is 477 g/mol. The third kappa shape index (κ3) is 6.08. The molecule has 0 saturated carbocycles. The Hall–Kier alpha value is -3.65. The highest BCUT2D eigenvalue weighted by molar-refractivity contribution is 5.92. The first-order valence-electron chi connectivity index (χ1n) is 11.9. The van der Waals surface area contributed by atoms with Gasteiger partial charge in [0.1, 0.15) is 12.0 Å². The number of carbonyl (C=O) groups excluding carboxylic acids is 2. The van der Waals surface area contributed by atoms with Gasteiger partial charge in [-0.05, 0) is 30.2 Å². The Labute approximate surface area is 206 Å². The highest BCUT2D eigenvalue weighted by atomic mass is 16.5. The predicted molar refractivity (Wildman–Crippen MR) is 132 cm³/mol. The van der Waals surface area contributed by atoms with Crippen molar-refractivity contribution < 1.29 is 18.7 Å². The number of hydrogen-bond donors (Lipinski definition) is 0. The molecule has 0 aliphatic carbocycles. The number of methoxy groups -OCH3 is 1. The SMILES string of the molecule is COc1cccc(CN(Cc2nc(C(=O)N3CCN(C(C)=O)CC3)co2)C(C)c2ccccc2)c1. The molecule has 4 rings (SSSR count). The van der Waals surface area contributed by atoms with E-state index in [0.717, 1.165) is 11.3 Å². The van der Waals surface area contributed by atoms with Gasteiger partial charge in [0.25, 0.3) is 5.91 Å². The lowest BCUT2D eigenvalue weighted by Gasteiger charge is -2.33. The standard InChI is InChI=1S/C27H32N4O4/c1-20(23-9-5-4-6-10-23)31(17-22-8-7-11-24(16-22)34-3)18-26-28-25(19-35-26)27(33)30-14-12-29(13-15-30)21(2)32/h4-11,16,19-20H,12-15,17-18H2,1-3H3. The first-order valence-corrected chi connectivity index (χ1v) is 11.9. The number of amides is 2. The Morgan fingerprint density at radius 1 is 1.03 bits per heavy atom. The minimum Gasteiger partial charge on any atom is -0.497 e. The van der Waals surface area contributed by atoms with Crippen LogP contribution in [-0.2, 0) is 17.9 Å². The van der Waals surface area contributed by atoms with E-state index >= 15 is 0 Å². The van der Waals surface area contributed by atoms with Crippen LogP contribution in [0.4, 0.5) is 0 Å². The van der Waals surface area contributed by atoms with Gasteiger partial charge in [0.2, 0.25) is 11.8 Å². The number of benzene rings is 2. The summed E-state index contributed by atoms with van der Waals surface area (Å²) in [5, 5.41) is 0. The van der Waals surface area contributed by atoms with Crippen LogP contribution in [0, 0.1) is 0 Å². The number of carbonyl (C=O) groups is 2. The molecule has 0 bridgehead atoms. The summed E-state index contributed by atoms with van der Waals surface area (Å²) in [7, 11) is 1.66. The van der Waals surface area contributed by atoms with E-state index in [1.807, 2.05) is 36.4 Å². The van der Waals surface area contributed by atoms with Crippen LogP contribution < -0.4 is 4.74 Å². The van der Waals surface area contributed by atoms with Crippen LogP contribution in [0.3, 0.4) is 0 Å². The Bertz CT molecular complexity index is 1140. The van der Waals surface area contributed by atoms with Crippen LogP contribution in [0.15, 0.2) is 65.3 Å². The van der Waals surface area contributed by atoms with E-state index in [2.05, 4.69) is 35.0 Å². The van der Waals surface area contributed by atoms with Gasteiger partial charge in [-0.25, -0.2) is 4.98 Å².